The van der Waals surface area contributed by atoms with Gasteiger partial charge in [0.25, 0.3) is 0 Å². The van der Waals surface area contributed by atoms with E-state index < -0.39 is 12.1 Å². The van der Waals surface area contributed by atoms with Crippen molar-refractivity contribution in [1.29, 1.82) is 0 Å². The van der Waals surface area contributed by atoms with Crippen LogP contribution in [0.1, 0.15) is 11.1 Å². The Hall–Kier alpha value is -3.96. The third-order valence-electron chi connectivity index (χ3n) is 6.13. The van der Waals surface area contributed by atoms with E-state index in [9.17, 15) is 13.2 Å². The number of anilines is 1. The highest BCUT2D eigenvalue weighted by Crippen LogP contribution is 2.30. The second-order valence-corrected chi connectivity index (χ2v) is 8.97. The summed E-state index contributed by atoms with van der Waals surface area (Å²) in [7, 11) is 0. The molecule has 4 N–H and O–H groups in total. The molecule has 0 saturated carbocycles. The topological polar surface area (TPSA) is 117 Å². The summed E-state index contributed by atoms with van der Waals surface area (Å²) >= 11 is 0. The number of aromatic nitrogens is 3. The molecule has 0 unspecified atom stereocenters. The Morgan fingerprint density at radius 1 is 1.13 bits per heavy atom. The van der Waals surface area contributed by atoms with Crippen molar-refractivity contribution in [3.05, 3.63) is 65.9 Å². The van der Waals surface area contributed by atoms with Gasteiger partial charge in [-0.2, -0.15) is 13.2 Å². The van der Waals surface area contributed by atoms with Crippen LogP contribution in [0.2, 0.25) is 0 Å². The molecule has 1 aliphatic heterocycles. The highest BCUT2D eigenvalue weighted by Gasteiger charge is 2.38. The first kappa shape index (κ1) is 27.1. The van der Waals surface area contributed by atoms with E-state index >= 15 is 0 Å². The highest BCUT2D eigenvalue weighted by atomic mass is 19.4. The molecule has 200 valence electrons. The molecule has 3 heterocycles. The Bertz CT molecular complexity index is 1410. The number of nitrogens with zero attached hydrogens (tertiary/aromatic N) is 3. The molecule has 1 saturated heterocycles. The molecule has 11 heteroatoms. The van der Waals surface area contributed by atoms with E-state index in [0.717, 1.165) is 72.8 Å². The minimum absolute atomic E-state index is 0.475. The molecule has 2 aromatic carbocycles. The third-order valence-corrected chi connectivity index (χ3v) is 6.13. The number of imidazole rings is 1. The van der Waals surface area contributed by atoms with E-state index in [4.69, 9.17) is 25.4 Å². The second-order valence-electron chi connectivity index (χ2n) is 8.97. The number of nitrogen functional groups attached to an aromatic ring is 1. The Balaban J connectivity index is 0.000000426. The summed E-state index contributed by atoms with van der Waals surface area (Å²) in [5.41, 5.74) is 13.7. The minimum atomic E-state index is -5.08. The number of aryl methyl sites for hydroxylation is 1. The predicted octanol–water partition coefficient (Wildman–Crippen LogP) is 4.69. The summed E-state index contributed by atoms with van der Waals surface area (Å²) in [5.74, 6) is -1.54. The van der Waals surface area contributed by atoms with Crippen LogP contribution in [0, 0.1) is 6.92 Å². The number of carbonyl (C=O) groups is 1. The number of halogens is 3. The van der Waals surface area contributed by atoms with Crippen LogP contribution in [0.4, 0.5) is 19.0 Å². The summed E-state index contributed by atoms with van der Waals surface area (Å²) in [6, 6.07) is 16.9. The van der Waals surface area contributed by atoms with Crippen molar-refractivity contribution in [2.75, 3.05) is 38.6 Å². The molecule has 0 amide bonds. The van der Waals surface area contributed by atoms with Crippen molar-refractivity contribution in [2.24, 2.45) is 0 Å². The van der Waals surface area contributed by atoms with Crippen molar-refractivity contribution in [2.45, 2.75) is 19.5 Å². The molecule has 38 heavy (non-hydrogen) atoms. The zero-order valence-electron chi connectivity index (χ0n) is 20.8. The molecule has 0 atom stereocenters. The van der Waals surface area contributed by atoms with Crippen LogP contribution < -0.4 is 5.73 Å². The van der Waals surface area contributed by atoms with Crippen molar-refractivity contribution in [3.63, 3.8) is 0 Å². The molecule has 0 radical (unpaired) electrons. The van der Waals surface area contributed by atoms with Crippen LogP contribution >= 0.6 is 0 Å². The maximum atomic E-state index is 10.6. The van der Waals surface area contributed by atoms with Gasteiger partial charge in [0.05, 0.1) is 29.8 Å². The van der Waals surface area contributed by atoms with Crippen LogP contribution in [0.5, 0.6) is 0 Å². The monoisotopic (exact) mass is 527 g/mol. The van der Waals surface area contributed by atoms with Gasteiger partial charge in [-0.25, -0.2) is 14.8 Å². The van der Waals surface area contributed by atoms with Gasteiger partial charge in [-0.15, -0.1) is 0 Å². The van der Waals surface area contributed by atoms with Gasteiger partial charge in [0.15, 0.2) is 0 Å². The van der Waals surface area contributed by atoms with Gasteiger partial charge >= 0.3 is 12.1 Å². The van der Waals surface area contributed by atoms with E-state index in [2.05, 4.69) is 64.3 Å². The van der Waals surface area contributed by atoms with E-state index in [1.54, 1.807) is 0 Å². The third kappa shape index (κ3) is 6.87. The lowest BCUT2D eigenvalue weighted by atomic mass is 10.0. The van der Waals surface area contributed by atoms with Gasteiger partial charge in [-0.05, 0) is 48.2 Å². The summed E-state index contributed by atoms with van der Waals surface area (Å²) in [6.07, 6.45) is -2.22. The first-order chi connectivity index (χ1) is 18.1. The van der Waals surface area contributed by atoms with E-state index in [-0.39, 0.29) is 0 Å². The highest BCUT2D eigenvalue weighted by molar-refractivity contribution is 5.83. The second kappa shape index (κ2) is 11.6. The van der Waals surface area contributed by atoms with E-state index in [0.29, 0.717) is 5.82 Å². The smallest absolute Gasteiger partial charge is 0.475 e. The minimum Gasteiger partial charge on any atom is -0.475 e. The number of carboxylic acids is 1. The molecule has 0 spiro atoms. The normalized spacial score (nSPS) is 14.2. The zero-order valence-corrected chi connectivity index (χ0v) is 20.8. The van der Waals surface area contributed by atoms with Gasteiger partial charge in [0.2, 0.25) is 0 Å². The van der Waals surface area contributed by atoms with Gasteiger partial charge in [0.1, 0.15) is 11.6 Å². The number of aromatic amines is 1. The van der Waals surface area contributed by atoms with E-state index in [1.807, 2.05) is 12.3 Å². The molecule has 0 bridgehead atoms. The quantitative estimate of drug-likeness (QED) is 0.345. The molecular weight excluding hydrogens is 499 g/mol. The number of ether oxygens (including phenoxy) is 1. The maximum Gasteiger partial charge on any atom is 0.490 e. The number of H-pyrrole nitrogens is 1. The number of fused-ring (bicyclic) bond motifs is 1. The number of rotatable bonds is 5. The van der Waals surface area contributed by atoms with Crippen molar-refractivity contribution in [1.82, 2.24) is 19.9 Å². The number of benzene rings is 2. The molecule has 1 fully saturated rings. The van der Waals surface area contributed by atoms with Gasteiger partial charge < -0.3 is 20.6 Å². The number of carboxylic acid groups (broad SMARTS) is 1. The number of alkyl halides is 3. The molecule has 0 aliphatic carbocycles. The molecular formula is C27H28F3N5O3. The first-order valence-electron chi connectivity index (χ1n) is 12.0. The Labute approximate surface area is 217 Å². The number of nitrogens with two attached hydrogens (primary N) is 1. The number of morpholine rings is 1. The fourth-order valence-corrected chi connectivity index (χ4v) is 4.09. The van der Waals surface area contributed by atoms with Gasteiger partial charge in [0, 0.05) is 31.4 Å². The standard InChI is InChI=1S/C25H27N5O.C2HF3O2/c1-17-5-6-22-23(13-17)29-25(28-22)21-15-20(16-27-24(21)26)19-4-2-3-18(14-19)7-8-30-9-11-31-12-10-30;3-2(4,5)1(6)7/h2-6,13-16H,7-12H2,1H3,(H2,26,27)(H,28,29);(H,6,7). The Kier molecular flexibility index (Phi) is 8.28. The molecule has 8 nitrogen and oxygen atoms in total. The Morgan fingerprint density at radius 2 is 1.87 bits per heavy atom. The molecule has 5 rings (SSSR count). The SMILES string of the molecule is Cc1ccc2nc(-c3cc(-c4cccc(CCN5CCOCC5)c4)cnc3N)[nH]c2c1.O=C(O)C(F)(F)F. The van der Waals surface area contributed by atoms with Crippen LogP contribution in [-0.4, -0.2) is 70.0 Å². The van der Waals surface area contributed by atoms with Gasteiger partial charge in [-0.1, -0.05) is 30.3 Å². The Morgan fingerprint density at radius 3 is 2.58 bits per heavy atom. The van der Waals surface area contributed by atoms with Crippen LogP contribution in [0.3, 0.4) is 0 Å². The number of hydrogen-bond acceptors (Lipinski definition) is 6. The summed E-state index contributed by atoms with van der Waals surface area (Å²) in [6.45, 7) is 6.82. The van der Waals surface area contributed by atoms with Crippen molar-refractivity contribution in [3.8, 4) is 22.5 Å². The molecule has 1 aliphatic rings. The summed E-state index contributed by atoms with van der Waals surface area (Å²) in [4.78, 5) is 23.9. The average molecular weight is 528 g/mol. The molecule has 4 aromatic rings. The van der Waals surface area contributed by atoms with Crippen molar-refractivity contribution < 1.29 is 27.8 Å². The van der Waals surface area contributed by atoms with Crippen molar-refractivity contribution >= 4 is 22.8 Å². The fraction of sp³-hybridized carbons (Fsp3) is 0.296. The molecule has 2 aromatic heterocycles. The maximum absolute atomic E-state index is 10.6. The summed E-state index contributed by atoms with van der Waals surface area (Å²) < 4.78 is 37.2. The van der Waals surface area contributed by atoms with E-state index in [1.165, 1.54) is 11.1 Å². The largest absolute Gasteiger partial charge is 0.490 e. The zero-order chi connectivity index (χ0) is 27.3. The average Bonchev–Trinajstić information content (AvgIpc) is 3.31. The van der Waals surface area contributed by atoms with Crippen LogP contribution in [0.25, 0.3) is 33.5 Å². The number of hydrogen-bond donors (Lipinski definition) is 3. The number of pyridine rings is 1. The predicted molar refractivity (Wildman–Crippen MR) is 139 cm³/mol. The number of nitrogens with one attached hydrogen (secondary N) is 1. The lowest BCUT2D eigenvalue weighted by molar-refractivity contribution is -0.192. The van der Waals surface area contributed by atoms with Crippen LogP contribution in [-0.2, 0) is 16.0 Å². The first-order valence-corrected chi connectivity index (χ1v) is 12.0. The summed E-state index contributed by atoms with van der Waals surface area (Å²) in [5, 5.41) is 7.12. The number of aliphatic carboxylic acids is 1. The van der Waals surface area contributed by atoms with Gasteiger partial charge in [-0.3, -0.25) is 4.90 Å². The fourth-order valence-electron chi connectivity index (χ4n) is 4.09. The lowest BCUT2D eigenvalue weighted by Crippen LogP contribution is -2.37. The lowest BCUT2D eigenvalue weighted by Gasteiger charge is -2.26. The van der Waals surface area contributed by atoms with Crippen LogP contribution in [0.15, 0.2) is 54.7 Å².